The minimum atomic E-state index is -0.705. The third-order valence-electron chi connectivity index (χ3n) is 5.31. The molecule has 12 heteroatoms. The van der Waals surface area contributed by atoms with Crippen molar-refractivity contribution >= 4 is 46.1 Å². The SMILES string of the molecule is Cc1ncc2nnc(-c3ccc(Nc4cn(-c5c(Cl)cccc5Cl)nc4C(N)=O)cn3)n2c1C. The number of nitrogens with two attached hydrogens (primary N) is 1. The molecule has 1 amide bonds. The number of fused-ring (bicyclic) bond motifs is 1. The van der Waals surface area contributed by atoms with Gasteiger partial charge in [0, 0.05) is 5.69 Å². The second-order valence-corrected chi connectivity index (χ2v) is 8.29. The van der Waals surface area contributed by atoms with Crippen LogP contribution in [0.5, 0.6) is 0 Å². The summed E-state index contributed by atoms with van der Waals surface area (Å²) in [6.45, 7) is 3.87. The van der Waals surface area contributed by atoms with E-state index in [1.165, 1.54) is 4.68 Å². The van der Waals surface area contributed by atoms with Crippen LogP contribution < -0.4 is 11.1 Å². The summed E-state index contributed by atoms with van der Waals surface area (Å²) in [5.41, 5.74) is 10.1. The van der Waals surface area contributed by atoms with Gasteiger partial charge in [-0.05, 0) is 38.1 Å². The Bertz CT molecular complexity index is 1540. The first-order valence-electron chi connectivity index (χ1n) is 10.1. The summed E-state index contributed by atoms with van der Waals surface area (Å²) in [6, 6.07) is 8.68. The van der Waals surface area contributed by atoms with Gasteiger partial charge in [0.25, 0.3) is 5.91 Å². The fourth-order valence-electron chi connectivity index (χ4n) is 3.51. The van der Waals surface area contributed by atoms with Crippen LogP contribution in [0.2, 0.25) is 10.0 Å². The third-order valence-corrected chi connectivity index (χ3v) is 5.92. The first-order valence-corrected chi connectivity index (χ1v) is 10.8. The summed E-state index contributed by atoms with van der Waals surface area (Å²) in [4.78, 5) is 20.9. The number of primary amides is 1. The highest BCUT2D eigenvalue weighted by Crippen LogP contribution is 2.30. The smallest absolute Gasteiger partial charge is 0.271 e. The minimum Gasteiger partial charge on any atom is -0.364 e. The van der Waals surface area contributed by atoms with Crippen molar-refractivity contribution in [1.82, 2.24) is 34.3 Å². The molecular weight excluding hydrogens is 477 g/mol. The first-order chi connectivity index (χ1) is 16.3. The number of carbonyl (C=O) groups excluding carboxylic acids is 1. The number of amides is 1. The molecule has 3 N–H and O–H groups in total. The second kappa shape index (κ2) is 8.40. The molecule has 0 saturated heterocycles. The van der Waals surface area contributed by atoms with E-state index in [0.29, 0.717) is 44.3 Å². The van der Waals surface area contributed by atoms with E-state index in [0.717, 1.165) is 11.4 Å². The number of pyridine rings is 1. The van der Waals surface area contributed by atoms with Crippen molar-refractivity contribution in [3.8, 4) is 17.2 Å². The van der Waals surface area contributed by atoms with Gasteiger partial charge in [-0.1, -0.05) is 29.3 Å². The van der Waals surface area contributed by atoms with Crippen molar-refractivity contribution < 1.29 is 4.79 Å². The molecule has 0 bridgehead atoms. The van der Waals surface area contributed by atoms with Crippen molar-refractivity contribution in [2.75, 3.05) is 5.32 Å². The van der Waals surface area contributed by atoms with Gasteiger partial charge in [-0.25, -0.2) is 4.68 Å². The Kier molecular flexibility index (Phi) is 5.39. The summed E-state index contributed by atoms with van der Waals surface area (Å²) >= 11 is 12.6. The van der Waals surface area contributed by atoms with E-state index in [4.69, 9.17) is 28.9 Å². The zero-order valence-electron chi connectivity index (χ0n) is 18.0. The van der Waals surface area contributed by atoms with E-state index in [-0.39, 0.29) is 5.69 Å². The lowest BCUT2D eigenvalue weighted by Gasteiger charge is -2.07. The van der Waals surface area contributed by atoms with Crippen molar-refractivity contribution in [3.63, 3.8) is 0 Å². The Morgan fingerprint density at radius 3 is 2.47 bits per heavy atom. The monoisotopic (exact) mass is 493 g/mol. The van der Waals surface area contributed by atoms with Crippen LogP contribution >= 0.6 is 23.2 Å². The van der Waals surface area contributed by atoms with E-state index >= 15 is 0 Å². The molecule has 4 aromatic heterocycles. The van der Waals surface area contributed by atoms with Crippen molar-refractivity contribution in [1.29, 1.82) is 0 Å². The van der Waals surface area contributed by atoms with Crippen LogP contribution in [0.1, 0.15) is 21.9 Å². The largest absolute Gasteiger partial charge is 0.364 e. The normalized spacial score (nSPS) is 11.2. The van der Waals surface area contributed by atoms with Gasteiger partial charge < -0.3 is 11.1 Å². The number of nitrogens with one attached hydrogen (secondary N) is 1. The van der Waals surface area contributed by atoms with Gasteiger partial charge in [-0.3, -0.25) is 19.2 Å². The van der Waals surface area contributed by atoms with Gasteiger partial charge in [0.2, 0.25) is 0 Å². The number of aromatic nitrogens is 7. The molecule has 0 fully saturated rings. The standard InChI is InChI=1S/C22H17Cl2N9O/c1-11-12(2)33-18(9-26-11)29-30-22(33)16-7-6-13(8-27-16)28-17-10-32(31-19(17)21(25)34)20-14(23)4-3-5-15(20)24/h3-10,28H,1-2H3,(H2,25,34). The second-order valence-electron chi connectivity index (χ2n) is 7.47. The lowest BCUT2D eigenvalue weighted by atomic mass is 10.2. The van der Waals surface area contributed by atoms with E-state index in [9.17, 15) is 4.79 Å². The minimum absolute atomic E-state index is 0.0297. The molecule has 0 aliphatic heterocycles. The lowest BCUT2D eigenvalue weighted by molar-refractivity contribution is 0.0996. The number of halogens is 2. The summed E-state index contributed by atoms with van der Waals surface area (Å²) < 4.78 is 3.32. The predicted molar refractivity (Wildman–Crippen MR) is 129 cm³/mol. The highest BCUT2D eigenvalue weighted by Gasteiger charge is 2.19. The van der Waals surface area contributed by atoms with Gasteiger partial charge in [-0.2, -0.15) is 5.10 Å². The Balaban J connectivity index is 1.49. The maximum Gasteiger partial charge on any atom is 0.271 e. The molecule has 1 aromatic carbocycles. The van der Waals surface area contributed by atoms with Crippen LogP contribution in [0.25, 0.3) is 22.9 Å². The summed E-state index contributed by atoms with van der Waals surface area (Å²) in [5.74, 6) is -0.105. The molecule has 4 heterocycles. The lowest BCUT2D eigenvalue weighted by Crippen LogP contribution is -2.14. The number of rotatable bonds is 5. The summed E-state index contributed by atoms with van der Waals surface area (Å²) in [5, 5.41) is 16.6. The fourth-order valence-corrected chi connectivity index (χ4v) is 4.08. The Morgan fingerprint density at radius 2 is 1.79 bits per heavy atom. The molecule has 34 heavy (non-hydrogen) atoms. The zero-order valence-corrected chi connectivity index (χ0v) is 19.5. The molecule has 0 spiro atoms. The Hall–Kier alpha value is -4.02. The van der Waals surface area contributed by atoms with Gasteiger partial charge in [0.15, 0.2) is 17.2 Å². The Labute approximate surface area is 203 Å². The number of para-hydroxylation sites is 1. The summed E-state index contributed by atoms with van der Waals surface area (Å²) in [6.07, 6.45) is 4.87. The van der Waals surface area contributed by atoms with Crippen LogP contribution in [-0.2, 0) is 0 Å². The zero-order chi connectivity index (χ0) is 24.0. The average molecular weight is 494 g/mol. The average Bonchev–Trinajstić information content (AvgIpc) is 3.42. The topological polar surface area (TPSA) is 129 Å². The van der Waals surface area contributed by atoms with Crippen molar-refractivity contribution in [2.24, 2.45) is 5.73 Å². The van der Waals surface area contributed by atoms with Gasteiger partial charge in [0.05, 0.1) is 45.7 Å². The number of carbonyl (C=O) groups is 1. The van der Waals surface area contributed by atoms with Crippen LogP contribution in [0.15, 0.2) is 48.9 Å². The highest BCUT2D eigenvalue weighted by molar-refractivity contribution is 6.37. The highest BCUT2D eigenvalue weighted by atomic mass is 35.5. The third kappa shape index (κ3) is 3.72. The molecule has 0 unspecified atom stereocenters. The van der Waals surface area contributed by atoms with E-state index < -0.39 is 5.91 Å². The molecule has 0 atom stereocenters. The molecule has 170 valence electrons. The molecular formula is C22H17Cl2N9O. The number of aryl methyl sites for hydroxylation is 2. The molecule has 0 aliphatic rings. The predicted octanol–water partition coefficient (Wildman–Crippen LogP) is 4.14. The van der Waals surface area contributed by atoms with Crippen LogP contribution in [-0.4, -0.2) is 40.3 Å². The molecule has 0 radical (unpaired) electrons. The molecule has 5 rings (SSSR count). The summed E-state index contributed by atoms with van der Waals surface area (Å²) in [7, 11) is 0. The number of benzene rings is 1. The van der Waals surface area contributed by atoms with Gasteiger partial charge in [-0.15, -0.1) is 10.2 Å². The molecule has 10 nitrogen and oxygen atoms in total. The number of nitrogens with zero attached hydrogens (tertiary/aromatic N) is 7. The fraction of sp³-hybridized carbons (Fsp3) is 0.0909. The number of hydrogen-bond donors (Lipinski definition) is 2. The van der Waals surface area contributed by atoms with Crippen LogP contribution in [0, 0.1) is 13.8 Å². The number of hydrogen-bond acceptors (Lipinski definition) is 7. The van der Waals surface area contributed by atoms with Gasteiger partial charge >= 0.3 is 0 Å². The van der Waals surface area contributed by atoms with E-state index in [2.05, 4.69) is 30.6 Å². The quantitative estimate of drug-likeness (QED) is 0.376. The maximum absolute atomic E-state index is 12.0. The molecule has 0 saturated carbocycles. The van der Waals surface area contributed by atoms with E-state index in [1.807, 2.05) is 18.2 Å². The van der Waals surface area contributed by atoms with Crippen molar-refractivity contribution in [3.05, 3.63) is 76.0 Å². The van der Waals surface area contributed by atoms with E-state index in [1.54, 1.807) is 48.9 Å². The first kappa shape index (κ1) is 21.8. The maximum atomic E-state index is 12.0. The Morgan fingerprint density at radius 1 is 1.03 bits per heavy atom. The van der Waals surface area contributed by atoms with Gasteiger partial charge in [0.1, 0.15) is 11.4 Å². The molecule has 5 aromatic rings. The number of anilines is 2. The van der Waals surface area contributed by atoms with Crippen LogP contribution in [0.4, 0.5) is 11.4 Å². The van der Waals surface area contributed by atoms with Crippen molar-refractivity contribution in [2.45, 2.75) is 13.8 Å². The van der Waals surface area contributed by atoms with Crippen LogP contribution in [0.3, 0.4) is 0 Å². The molecule has 0 aliphatic carbocycles.